The van der Waals surface area contributed by atoms with E-state index in [-0.39, 0.29) is 25.3 Å². The van der Waals surface area contributed by atoms with Gasteiger partial charge in [0.05, 0.1) is 18.8 Å². The van der Waals surface area contributed by atoms with Gasteiger partial charge in [-0.1, -0.05) is 31.2 Å². The van der Waals surface area contributed by atoms with E-state index < -0.39 is 5.54 Å². The summed E-state index contributed by atoms with van der Waals surface area (Å²) in [5.41, 5.74) is 7.84. The van der Waals surface area contributed by atoms with Crippen molar-refractivity contribution in [1.29, 1.82) is 0 Å². The van der Waals surface area contributed by atoms with Crippen LogP contribution in [0, 0.1) is 0 Å². The van der Waals surface area contributed by atoms with Crippen LogP contribution in [0.4, 0.5) is 0 Å². The Balaban J connectivity index is 2.22. The maximum absolute atomic E-state index is 9.50. The molecule has 1 aliphatic carbocycles. The summed E-state index contributed by atoms with van der Waals surface area (Å²) in [7, 11) is 0. The number of hydrogen-bond donors (Lipinski definition) is 4. The molecule has 4 nitrogen and oxygen atoms in total. The minimum atomic E-state index is -0.623. The predicted octanol–water partition coefficient (Wildman–Crippen LogP) is 0.854. The van der Waals surface area contributed by atoms with Gasteiger partial charge >= 0.3 is 0 Å². The van der Waals surface area contributed by atoms with Crippen molar-refractivity contribution in [2.24, 2.45) is 5.73 Å². The molecule has 1 aromatic rings. The maximum Gasteiger partial charge on any atom is 0.0650 e. The summed E-state index contributed by atoms with van der Waals surface area (Å²) in [4.78, 5) is 0. The molecule has 18 heavy (non-hydrogen) atoms. The van der Waals surface area contributed by atoms with E-state index in [0.717, 1.165) is 12.0 Å². The third-order valence-corrected chi connectivity index (χ3v) is 4.02. The van der Waals surface area contributed by atoms with Crippen LogP contribution >= 0.6 is 0 Å². The van der Waals surface area contributed by atoms with Crippen LogP contribution in [0.15, 0.2) is 24.3 Å². The molecule has 0 saturated heterocycles. The zero-order valence-electron chi connectivity index (χ0n) is 10.8. The lowest BCUT2D eigenvalue weighted by molar-refractivity contribution is 0.0769. The minimum Gasteiger partial charge on any atom is -0.394 e. The van der Waals surface area contributed by atoms with Crippen LogP contribution in [0.5, 0.6) is 0 Å². The zero-order valence-corrected chi connectivity index (χ0v) is 10.8. The summed E-state index contributed by atoms with van der Waals surface area (Å²) in [6.45, 7) is 1.81. The van der Waals surface area contributed by atoms with E-state index in [1.54, 1.807) is 0 Å². The number of benzene rings is 1. The largest absolute Gasteiger partial charge is 0.394 e. The molecule has 2 unspecified atom stereocenters. The molecule has 0 aliphatic heterocycles. The van der Waals surface area contributed by atoms with Crippen molar-refractivity contribution in [2.45, 2.75) is 37.4 Å². The Kier molecular flexibility index (Phi) is 4.02. The quantitative estimate of drug-likeness (QED) is 0.625. The SMILES string of the molecule is CCC(CO)(CO)NC1CC(N)c2ccccc21. The molecule has 5 N–H and O–H groups in total. The molecule has 0 spiro atoms. The van der Waals surface area contributed by atoms with Crippen LogP contribution in [0.2, 0.25) is 0 Å². The summed E-state index contributed by atoms with van der Waals surface area (Å²) < 4.78 is 0. The Hall–Kier alpha value is -0.940. The van der Waals surface area contributed by atoms with Crippen LogP contribution in [-0.2, 0) is 0 Å². The highest BCUT2D eigenvalue weighted by atomic mass is 16.3. The van der Waals surface area contributed by atoms with E-state index in [2.05, 4.69) is 11.4 Å². The molecule has 0 amide bonds. The van der Waals surface area contributed by atoms with E-state index in [0.29, 0.717) is 6.42 Å². The summed E-state index contributed by atoms with van der Waals surface area (Å²) in [6, 6.07) is 8.24. The van der Waals surface area contributed by atoms with Gasteiger partial charge in [-0.05, 0) is 24.0 Å². The average molecular weight is 250 g/mol. The van der Waals surface area contributed by atoms with Crippen LogP contribution in [-0.4, -0.2) is 29.0 Å². The maximum atomic E-state index is 9.50. The first-order valence-electron chi connectivity index (χ1n) is 6.49. The van der Waals surface area contributed by atoms with Crippen molar-refractivity contribution in [3.63, 3.8) is 0 Å². The molecule has 0 saturated carbocycles. The molecule has 0 heterocycles. The van der Waals surface area contributed by atoms with Gasteiger partial charge in [0.15, 0.2) is 0 Å². The first-order chi connectivity index (χ1) is 8.65. The molecule has 1 aromatic carbocycles. The van der Waals surface area contributed by atoms with Gasteiger partial charge < -0.3 is 21.3 Å². The van der Waals surface area contributed by atoms with Gasteiger partial charge in [0.25, 0.3) is 0 Å². The number of fused-ring (bicyclic) bond motifs is 1. The number of aliphatic hydroxyl groups is 2. The van der Waals surface area contributed by atoms with Gasteiger partial charge in [0.2, 0.25) is 0 Å². The van der Waals surface area contributed by atoms with E-state index in [4.69, 9.17) is 5.73 Å². The smallest absolute Gasteiger partial charge is 0.0650 e. The highest BCUT2D eigenvalue weighted by Gasteiger charge is 2.35. The van der Waals surface area contributed by atoms with Crippen LogP contribution < -0.4 is 11.1 Å². The van der Waals surface area contributed by atoms with Crippen LogP contribution in [0.3, 0.4) is 0 Å². The summed E-state index contributed by atoms with van der Waals surface area (Å²) in [6.07, 6.45) is 1.48. The van der Waals surface area contributed by atoms with Crippen LogP contribution in [0.25, 0.3) is 0 Å². The molecule has 2 rings (SSSR count). The summed E-state index contributed by atoms with van der Waals surface area (Å²) in [5, 5.41) is 22.4. The molecule has 0 fully saturated rings. The van der Waals surface area contributed by atoms with Crippen molar-refractivity contribution < 1.29 is 10.2 Å². The average Bonchev–Trinajstić information content (AvgIpc) is 2.73. The third kappa shape index (κ3) is 2.29. The van der Waals surface area contributed by atoms with Gasteiger partial charge in [-0.3, -0.25) is 0 Å². The highest BCUT2D eigenvalue weighted by molar-refractivity contribution is 5.37. The van der Waals surface area contributed by atoms with Gasteiger partial charge in [-0.25, -0.2) is 0 Å². The highest BCUT2D eigenvalue weighted by Crippen LogP contribution is 2.38. The molecule has 1 aliphatic rings. The Bertz CT molecular complexity index is 396. The first-order valence-corrected chi connectivity index (χ1v) is 6.49. The normalized spacial score (nSPS) is 23.1. The third-order valence-electron chi connectivity index (χ3n) is 4.02. The number of aliphatic hydroxyl groups excluding tert-OH is 2. The van der Waals surface area contributed by atoms with Crippen LogP contribution in [0.1, 0.15) is 43.0 Å². The van der Waals surface area contributed by atoms with Crippen molar-refractivity contribution in [3.05, 3.63) is 35.4 Å². The molecule has 0 aromatic heterocycles. The Morgan fingerprint density at radius 3 is 2.44 bits per heavy atom. The van der Waals surface area contributed by atoms with Gasteiger partial charge in [0.1, 0.15) is 0 Å². The standard InChI is InChI=1S/C14H22N2O2/c1-2-14(8-17,9-18)16-13-7-12(15)10-5-3-4-6-11(10)13/h3-6,12-13,16-18H,2,7-9,15H2,1H3. The lowest BCUT2D eigenvalue weighted by Gasteiger charge is -2.33. The van der Waals surface area contributed by atoms with E-state index in [1.807, 2.05) is 25.1 Å². The second-order valence-corrected chi connectivity index (χ2v) is 5.12. The topological polar surface area (TPSA) is 78.5 Å². The Labute approximate surface area is 108 Å². The van der Waals surface area contributed by atoms with Gasteiger partial charge in [-0.2, -0.15) is 0 Å². The molecular formula is C14H22N2O2. The fourth-order valence-corrected chi connectivity index (χ4v) is 2.65. The summed E-state index contributed by atoms with van der Waals surface area (Å²) in [5.74, 6) is 0. The monoisotopic (exact) mass is 250 g/mol. The lowest BCUT2D eigenvalue weighted by atomic mass is 9.95. The number of hydrogen-bond acceptors (Lipinski definition) is 4. The van der Waals surface area contributed by atoms with Crippen molar-refractivity contribution in [3.8, 4) is 0 Å². The number of nitrogens with two attached hydrogens (primary N) is 1. The molecule has 4 heteroatoms. The predicted molar refractivity (Wildman–Crippen MR) is 71.1 cm³/mol. The fourth-order valence-electron chi connectivity index (χ4n) is 2.65. The second-order valence-electron chi connectivity index (χ2n) is 5.12. The first kappa shape index (κ1) is 13.5. The lowest BCUT2D eigenvalue weighted by Crippen LogP contribution is -2.52. The molecule has 100 valence electrons. The van der Waals surface area contributed by atoms with Crippen molar-refractivity contribution in [1.82, 2.24) is 5.32 Å². The second kappa shape index (κ2) is 5.36. The van der Waals surface area contributed by atoms with Gasteiger partial charge in [0, 0.05) is 12.1 Å². The molecule has 0 radical (unpaired) electrons. The van der Waals surface area contributed by atoms with E-state index in [9.17, 15) is 10.2 Å². The minimum absolute atomic E-state index is 0.0330. The van der Waals surface area contributed by atoms with E-state index >= 15 is 0 Å². The van der Waals surface area contributed by atoms with Crippen molar-refractivity contribution >= 4 is 0 Å². The van der Waals surface area contributed by atoms with Gasteiger partial charge in [-0.15, -0.1) is 0 Å². The number of nitrogens with one attached hydrogen (secondary N) is 1. The number of rotatable bonds is 5. The van der Waals surface area contributed by atoms with E-state index in [1.165, 1.54) is 5.56 Å². The molecule has 0 bridgehead atoms. The Morgan fingerprint density at radius 2 is 1.89 bits per heavy atom. The molecular weight excluding hydrogens is 228 g/mol. The zero-order chi connectivity index (χ0) is 13.2. The van der Waals surface area contributed by atoms with Crippen molar-refractivity contribution in [2.75, 3.05) is 13.2 Å². The Morgan fingerprint density at radius 1 is 1.28 bits per heavy atom. The summed E-state index contributed by atoms with van der Waals surface area (Å²) >= 11 is 0. The fraction of sp³-hybridized carbons (Fsp3) is 0.571. The molecule has 2 atom stereocenters.